The maximum Gasteiger partial charge on any atom is 0.328 e. The number of fused-ring (bicyclic) bond motifs is 2. The number of hydrogen-bond acceptors (Lipinski definition) is 5. The topological polar surface area (TPSA) is 94.9 Å². The second-order valence-corrected chi connectivity index (χ2v) is 11.5. The van der Waals surface area contributed by atoms with Crippen LogP contribution in [0.25, 0.3) is 0 Å². The lowest BCUT2D eigenvalue weighted by Crippen LogP contribution is -2.40. The third-order valence-electron chi connectivity index (χ3n) is 7.31. The Hall–Kier alpha value is -3.82. The first kappa shape index (κ1) is 30.1. The van der Waals surface area contributed by atoms with Gasteiger partial charge in [-0.25, -0.2) is 18.4 Å². The molecule has 1 atom stereocenters. The summed E-state index contributed by atoms with van der Waals surface area (Å²) in [6, 6.07) is 21.4. The number of nitrogens with zero attached hydrogens (tertiary/aromatic N) is 1. The van der Waals surface area contributed by atoms with Crippen LogP contribution in [0.5, 0.6) is 0 Å². The van der Waals surface area contributed by atoms with Gasteiger partial charge in [-0.1, -0.05) is 36.4 Å². The van der Waals surface area contributed by atoms with Crippen LogP contribution in [0.4, 0.5) is 8.78 Å². The highest BCUT2D eigenvalue weighted by atomic mass is 32.2. The van der Waals surface area contributed by atoms with Crippen molar-refractivity contribution in [3.63, 3.8) is 0 Å². The molecule has 5 rings (SSSR count). The second-order valence-electron chi connectivity index (χ2n) is 10.0. The Kier molecular flexibility index (Phi) is 10.1. The van der Waals surface area contributed by atoms with Crippen molar-refractivity contribution >= 4 is 29.5 Å². The van der Waals surface area contributed by atoms with Gasteiger partial charge in [0.05, 0.1) is 5.25 Å². The number of carboxylic acids is 2. The summed E-state index contributed by atoms with van der Waals surface area (Å²) in [5, 5.41) is 15.8. The van der Waals surface area contributed by atoms with Crippen LogP contribution in [0.15, 0.2) is 84.9 Å². The van der Waals surface area contributed by atoms with E-state index in [0.717, 1.165) is 44.5 Å². The van der Waals surface area contributed by atoms with E-state index in [1.165, 1.54) is 29.3 Å². The molecule has 1 saturated heterocycles. The van der Waals surface area contributed by atoms with E-state index in [4.69, 9.17) is 10.2 Å². The van der Waals surface area contributed by atoms with Gasteiger partial charge in [0, 0.05) is 28.9 Å². The summed E-state index contributed by atoms with van der Waals surface area (Å²) in [6.45, 7) is 2.87. The first-order valence-electron chi connectivity index (χ1n) is 13.3. The van der Waals surface area contributed by atoms with Gasteiger partial charge in [-0.15, -0.1) is 11.8 Å². The highest BCUT2D eigenvalue weighted by molar-refractivity contribution is 8.01. The number of carboxylic acid groups (broad SMARTS) is 2. The predicted molar refractivity (Wildman–Crippen MR) is 154 cm³/mol. The number of carbonyl (C=O) groups is 3. The van der Waals surface area contributed by atoms with Crippen LogP contribution in [0.3, 0.4) is 0 Å². The minimum Gasteiger partial charge on any atom is -0.478 e. The molecular weight excluding hydrogens is 548 g/mol. The largest absolute Gasteiger partial charge is 0.478 e. The Bertz CT molecular complexity index is 1400. The molecule has 0 saturated carbocycles. The fourth-order valence-corrected chi connectivity index (χ4v) is 7.12. The van der Waals surface area contributed by atoms with Crippen molar-refractivity contribution in [1.29, 1.82) is 0 Å². The second kappa shape index (κ2) is 13.7. The highest BCUT2D eigenvalue weighted by Gasteiger charge is 2.46. The molecule has 1 fully saturated rings. The fraction of sp³-hybridized carbons (Fsp3) is 0.281. The third-order valence-corrected chi connectivity index (χ3v) is 9.15. The number of Topliss-reactive ketones (excluding diaryl/α,β-unsaturated/α-hetero) is 1. The average Bonchev–Trinajstić information content (AvgIpc) is 3.28. The smallest absolute Gasteiger partial charge is 0.328 e. The van der Waals surface area contributed by atoms with Crippen LogP contribution in [-0.2, 0) is 14.3 Å². The van der Waals surface area contributed by atoms with Crippen LogP contribution in [0.2, 0.25) is 0 Å². The van der Waals surface area contributed by atoms with Crippen molar-refractivity contribution < 1.29 is 33.4 Å². The predicted octanol–water partition coefficient (Wildman–Crippen LogP) is 6.47. The minimum absolute atomic E-state index is 0.0635. The molecule has 0 radical (unpaired) electrons. The monoisotopic (exact) mass is 579 g/mol. The molecule has 2 aliphatic heterocycles. The van der Waals surface area contributed by atoms with Crippen LogP contribution in [0.1, 0.15) is 58.0 Å². The number of piperidine rings is 1. The Labute approximate surface area is 241 Å². The van der Waals surface area contributed by atoms with Gasteiger partial charge in [-0.05, 0) is 92.0 Å². The van der Waals surface area contributed by atoms with Crippen molar-refractivity contribution in [3.05, 3.63) is 119 Å². The molecule has 214 valence electrons. The molecule has 2 aliphatic rings. The van der Waals surface area contributed by atoms with Gasteiger partial charge in [0.2, 0.25) is 0 Å². The number of carbonyl (C=O) groups excluding carboxylic acids is 1. The van der Waals surface area contributed by atoms with Gasteiger partial charge in [-0.2, -0.15) is 0 Å². The van der Waals surface area contributed by atoms with Crippen molar-refractivity contribution in [2.24, 2.45) is 0 Å². The first-order valence-corrected chi connectivity index (χ1v) is 14.2. The molecule has 3 aromatic carbocycles. The quantitative estimate of drug-likeness (QED) is 0.233. The maximum absolute atomic E-state index is 13.9. The number of benzene rings is 3. The fourth-order valence-electron chi connectivity index (χ4n) is 5.32. The van der Waals surface area contributed by atoms with Gasteiger partial charge in [-0.3, -0.25) is 4.79 Å². The van der Waals surface area contributed by atoms with E-state index in [1.54, 1.807) is 24.3 Å². The molecule has 41 heavy (non-hydrogen) atoms. The van der Waals surface area contributed by atoms with Crippen LogP contribution in [0, 0.1) is 11.6 Å². The molecule has 2 heterocycles. The molecule has 3 aromatic rings. The molecule has 0 aliphatic carbocycles. The number of ketones is 1. The standard InChI is InChI=1S/C28H27F2NOS.C4H4O4/c29-22-12-10-20(11-13-22)26(32)9-4-16-31-17-14-28(15-18-31)25-8-2-1-7-24(25)27(33-28)21-5-3-6-23(30)19-21;5-3(6)1-2-4(7)8/h1-3,5-8,10-13,19,27H,4,9,14-18H2;1-2H,(H,5,6)(H,7,8)/b;2-1-. The van der Waals surface area contributed by atoms with E-state index < -0.39 is 11.9 Å². The zero-order valence-electron chi connectivity index (χ0n) is 22.3. The molecule has 0 amide bonds. The summed E-state index contributed by atoms with van der Waals surface area (Å²) in [5.74, 6) is -2.95. The highest BCUT2D eigenvalue weighted by Crippen LogP contribution is 2.61. The Morgan fingerprint density at radius 1 is 0.878 bits per heavy atom. The Balaban J connectivity index is 0.000000426. The molecular formula is C32H31F2NO5S. The summed E-state index contributed by atoms with van der Waals surface area (Å²) in [5.41, 5.74) is 4.32. The number of thioether (sulfide) groups is 1. The van der Waals surface area contributed by atoms with Crippen LogP contribution >= 0.6 is 11.8 Å². The van der Waals surface area contributed by atoms with E-state index in [9.17, 15) is 23.2 Å². The summed E-state index contributed by atoms with van der Waals surface area (Å²) < 4.78 is 27.1. The third kappa shape index (κ3) is 7.89. The SMILES string of the molecule is O=C(CCCN1CCC2(CC1)SC(c1cccc(F)c1)c1ccccc12)c1ccc(F)cc1.O=C(O)/C=C\C(=O)O. The number of likely N-dealkylation sites (tertiary alicyclic amines) is 1. The van der Waals surface area contributed by atoms with Crippen molar-refractivity contribution in [3.8, 4) is 0 Å². The van der Waals surface area contributed by atoms with Crippen LogP contribution < -0.4 is 0 Å². The number of halogens is 2. The van der Waals surface area contributed by atoms with E-state index in [1.807, 2.05) is 17.8 Å². The number of aliphatic carboxylic acids is 2. The molecule has 0 aromatic heterocycles. The van der Waals surface area contributed by atoms with E-state index in [2.05, 4.69) is 29.2 Å². The van der Waals surface area contributed by atoms with Gasteiger partial charge in [0.15, 0.2) is 5.78 Å². The van der Waals surface area contributed by atoms with E-state index >= 15 is 0 Å². The van der Waals surface area contributed by atoms with Crippen molar-refractivity contribution in [1.82, 2.24) is 4.90 Å². The van der Waals surface area contributed by atoms with Crippen molar-refractivity contribution in [2.75, 3.05) is 19.6 Å². The molecule has 0 bridgehead atoms. The molecule has 1 spiro atoms. The summed E-state index contributed by atoms with van der Waals surface area (Å²) in [6.07, 6.45) is 4.49. The minimum atomic E-state index is -1.26. The van der Waals surface area contributed by atoms with Gasteiger partial charge in [0.25, 0.3) is 0 Å². The first-order chi connectivity index (χ1) is 19.7. The maximum atomic E-state index is 13.9. The lowest BCUT2D eigenvalue weighted by molar-refractivity contribution is -0.134. The van der Waals surface area contributed by atoms with E-state index in [0.29, 0.717) is 24.1 Å². The summed E-state index contributed by atoms with van der Waals surface area (Å²) in [4.78, 5) is 33.9. The number of hydrogen-bond donors (Lipinski definition) is 2. The zero-order chi connectivity index (χ0) is 29.4. The van der Waals surface area contributed by atoms with E-state index in [-0.39, 0.29) is 27.4 Å². The molecule has 2 N–H and O–H groups in total. The molecule has 9 heteroatoms. The lowest BCUT2D eigenvalue weighted by atomic mass is 9.84. The lowest BCUT2D eigenvalue weighted by Gasteiger charge is -2.39. The Morgan fingerprint density at radius 2 is 1.54 bits per heavy atom. The Morgan fingerprint density at radius 3 is 2.17 bits per heavy atom. The summed E-state index contributed by atoms with van der Waals surface area (Å²) in [7, 11) is 0. The van der Waals surface area contributed by atoms with Gasteiger partial charge < -0.3 is 15.1 Å². The van der Waals surface area contributed by atoms with Crippen molar-refractivity contribution in [2.45, 2.75) is 35.7 Å². The normalized spacial score (nSPS) is 17.6. The molecule has 1 unspecified atom stereocenters. The molecule has 6 nitrogen and oxygen atoms in total. The van der Waals surface area contributed by atoms with Crippen LogP contribution in [-0.4, -0.2) is 52.5 Å². The number of rotatable bonds is 8. The zero-order valence-corrected chi connectivity index (χ0v) is 23.2. The average molecular weight is 580 g/mol. The summed E-state index contributed by atoms with van der Waals surface area (Å²) >= 11 is 1.98. The van der Waals surface area contributed by atoms with Gasteiger partial charge >= 0.3 is 11.9 Å². The van der Waals surface area contributed by atoms with Gasteiger partial charge in [0.1, 0.15) is 11.6 Å².